The highest BCUT2D eigenvalue weighted by molar-refractivity contribution is 5.91. The van der Waals surface area contributed by atoms with E-state index in [0.29, 0.717) is 0 Å². The van der Waals surface area contributed by atoms with Gasteiger partial charge in [0.05, 0.1) is 6.20 Å². The number of imidazole rings is 1. The summed E-state index contributed by atoms with van der Waals surface area (Å²) in [5.74, 6) is -1.00. The minimum absolute atomic E-state index is 0.0174. The largest absolute Gasteiger partial charge is 0.433 e. The lowest BCUT2D eigenvalue weighted by molar-refractivity contribution is -0.141. The van der Waals surface area contributed by atoms with Gasteiger partial charge in [0.1, 0.15) is 11.4 Å². The van der Waals surface area contributed by atoms with E-state index in [1.807, 2.05) is 0 Å². The van der Waals surface area contributed by atoms with E-state index < -0.39 is 17.8 Å². The van der Waals surface area contributed by atoms with Crippen LogP contribution in [0.2, 0.25) is 0 Å². The summed E-state index contributed by atoms with van der Waals surface area (Å²) in [7, 11) is 0. The fourth-order valence-electron chi connectivity index (χ4n) is 1.21. The van der Waals surface area contributed by atoms with Crippen molar-refractivity contribution in [1.29, 1.82) is 0 Å². The molecule has 16 heavy (non-hydrogen) atoms. The van der Waals surface area contributed by atoms with E-state index >= 15 is 0 Å². The minimum Gasteiger partial charge on any atom is -0.364 e. The smallest absolute Gasteiger partial charge is 0.364 e. The van der Waals surface area contributed by atoms with Gasteiger partial charge in [-0.15, -0.1) is 0 Å². The molecule has 2 rings (SSSR count). The van der Waals surface area contributed by atoms with E-state index in [1.54, 1.807) is 0 Å². The summed E-state index contributed by atoms with van der Waals surface area (Å²) in [5.41, 5.74) is 3.91. The van der Waals surface area contributed by atoms with E-state index in [9.17, 15) is 18.0 Å². The molecule has 2 aromatic rings. The molecule has 0 fully saturated rings. The Morgan fingerprint density at radius 2 is 2.12 bits per heavy atom. The first-order valence-electron chi connectivity index (χ1n) is 4.10. The van der Waals surface area contributed by atoms with Crippen LogP contribution < -0.4 is 5.73 Å². The summed E-state index contributed by atoms with van der Waals surface area (Å²) in [4.78, 5) is 17.7. The normalized spacial score (nSPS) is 11.9. The number of amides is 1. The molecule has 2 aromatic heterocycles. The number of nitrogens with two attached hydrogens (primary N) is 1. The Balaban J connectivity index is 2.62. The Labute approximate surface area is 86.7 Å². The SMILES string of the molecule is NC(=O)c1cnc2nc(C(F)(F)F)ccn12. The summed E-state index contributed by atoms with van der Waals surface area (Å²) in [6.45, 7) is 0. The van der Waals surface area contributed by atoms with Crippen molar-refractivity contribution in [3.63, 3.8) is 0 Å². The maximum absolute atomic E-state index is 12.3. The quantitative estimate of drug-likeness (QED) is 0.789. The van der Waals surface area contributed by atoms with Crippen molar-refractivity contribution in [2.75, 3.05) is 0 Å². The van der Waals surface area contributed by atoms with Crippen molar-refractivity contribution in [3.05, 3.63) is 29.8 Å². The van der Waals surface area contributed by atoms with E-state index in [4.69, 9.17) is 5.73 Å². The van der Waals surface area contributed by atoms with E-state index in [1.165, 1.54) is 0 Å². The van der Waals surface area contributed by atoms with Crippen LogP contribution in [0, 0.1) is 0 Å². The summed E-state index contributed by atoms with van der Waals surface area (Å²) in [5, 5.41) is 0. The summed E-state index contributed by atoms with van der Waals surface area (Å²) in [6, 6.07) is 0.751. The van der Waals surface area contributed by atoms with Gasteiger partial charge in [-0.3, -0.25) is 9.20 Å². The fraction of sp³-hybridized carbons (Fsp3) is 0.125. The average Bonchev–Trinajstić information content (AvgIpc) is 2.58. The Hall–Kier alpha value is -2.12. The number of aromatic nitrogens is 3. The van der Waals surface area contributed by atoms with Crippen LogP contribution in [0.3, 0.4) is 0 Å². The predicted molar refractivity (Wildman–Crippen MR) is 46.5 cm³/mol. The summed E-state index contributed by atoms with van der Waals surface area (Å²) in [6.07, 6.45) is -2.41. The first-order valence-corrected chi connectivity index (χ1v) is 4.10. The lowest BCUT2D eigenvalue weighted by atomic mass is 10.4. The third kappa shape index (κ3) is 1.58. The number of primary amides is 1. The van der Waals surface area contributed by atoms with Gasteiger partial charge in [0.15, 0.2) is 0 Å². The number of fused-ring (bicyclic) bond motifs is 1. The number of carbonyl (C=O) groups excluding carboxylic acids is 1. The van der Waals surface area contributed by atoms with E-state index in [2.05, 4.69) is 9.97 Å². The van der Waals surface area contributed by atoms with Crippen LogP contribution in [0.25, 0.3) is 5.78 Å². The Morgan fingerprint density at radius 3 is 2.69 bits per heavy atom. The van der Waals surface area contributed by atoms with Gasteiger partial charge in [-0.1, -0.05) is 0 Å². The molecule has 0 radical (unpaired) electrons. The predicted octanol–water partition coefficient (Wildman–Crippen LogP) is 0.847. The zero-order chi connectivity index (χ0) is 11.9. The van der Waals surface area contributed by atoms with E-state index in [-0.39, 0.29) is 11.5 Å². The highest BCUT2D eigenvalue weighted by atomic mass is 19.4. The van der Waals surface area contributed by atoms with Gasteiger partial charge in [0.2, 0.25) is 5.78 Å². The van der Waals surface area contributed by atoms with Gasteiger partial charge in [0.25, 0.3) is 5.91 Å². The standard InChI is InChI=1S/C8H5F3N4O/c9-8(10,11)5-1-2-15-4(6(12)16)3-13-7(15)14-5/h1-3H,(H2,12,16). The Kier molecular flexibility index (Phi) is 2.07. The first kappa shape index (κ1) is 10.4. The second kappa shape index (κ2) is 3.19. The molecule has 0 saturated carbocycles. The van der Waals surface area contributed by atoms with Crippen molar-refractivity contribution >= 4 is 11.7 Å². The molecule has 0 aromatic carbocycles. The maximum atomic E-state index is 12.3. The van der Waals surface area contributed by atoms with Gasteiger partial charge < -0.3 is 5.73 Å². The number of hydrogen-bond acceptors (Lipinski definition) is 3. The molecule has 84 valence electrons. The molecule has 0 aliphatic heterocycles. The molecule has 0 atom stereocenters. The van der Waals surface area contributed by atoms with Crippen molar-refractivity contribution in [1.82, 2.24) is 14.4 Å². The molecule has 0 unspecified atom stereocenters. The lowest BCUT2D eigenvalue weighted by Gasteiger charge is -2.05. The molecular weight excluding hydrogens is 225 g/mol. The molecule has 0 saturated heterocycles. The highest BCUT2D eigenvalue weighted by Gasteiger charge is 2.33. The van der Waals surface area contributed by atoms with E-state index in [0.717, 1.165) is 22.9 Å². The van der Waals surface area contributed by atoms with Gasteiger partial charge in [-0.05, 0) is 6.07 Å². The number of nitrogens with zero attached hydrogens (tertiary/aromatic N) is 3. The van der Waals surface area contributed by atoms with Crippen LogP contribution in [0.15, 0.2) is 18.5 Å². The van der Waals surface area contributed by atoms with Crippen LogP contribution >= 0.6 is 0 Å². The maximum Gasteiger partial charge on any atom is 0.433 e. The molecule has 5 nitrogen and oxygen atoms in total. The van der Waals surface area contributed by atoms with Crippen LogP contribution in [0.1, 0.15) is 16.2 Å². The van der Waals surface area contributed by atoms with Crippen LogP contribution in [-0.2, 0) is 6.18 Å². The number of rotatable bonds is 1. The minimum atomic E-state index is -4.54. The molecule has 0 spiro atoms. The Morgan fingerprint density at radius 1 is 1.44 bits per heavy atom. The van der Waals surface area contributed by atoms with Gasteiger partial charge in [-0.2, -0.15) is 13.2 Å². The number of hydrogen-bond donors (Lipinski definition) is 1. The fourth-order valence-corrected chi connectivity index (χ4v) is 1.21. The average molecular weight is 230 g/mol. The number of alkyl halides is 3. The zero-order valence-electron chi connectivity index (χ0n) is 7.69. The molecule has 2 heterocycles. The van der Waals surface area contributed by atoms with Crippen molar-refractivity contribution in [2.24, 2.45) is 5.73 Å². The Bertz CT molecular complexity index is 560. The van der Waals surface area contributed by atoms with Crippen LogP contribution in [0.4, 0.5) is 13.2 Å². The third-order valence-electron chi connectivity index (χ3n) is 1.92. The zero-order valence-corrected chi connectivity index (χ0v) is 7.69. The molecule has 0 bridgehead atoms. The number of carbonyl (C=O) groups is 1. The highest BCUT2D eigenvalue weighted by Crippen LogP contribution is 2.27. The van der Waals surface area contributed by atoms with Crippen LogP contribution in [-0.4, -0.2) is 20.3 Å². The molecule has 0 aliphatic rings. The second-order valence-electron chi connectivity index (χ2n) is 2.99. The molecule has 8 heteroatoms. The monoisotopic (exact) mass is 230 g/mol. The second-order valence-corrected chi connectivity index (χ2v) is 2.99. The molecule has 2 N–H and O–H groups in total. The summed E-state index contributed by atoms with van der Waals surface area (Å²) < 4.78 is 38.0. The lowest BCUT2D eigenvalue weighted by Crippen LogP contribution is -2.14. The molecule has 1 amide bonds. The third-order valence-corrected chi connectivity index (χ3v) is 1.92. The topological polar surface area (TPSA) is 73.3 Å². The first-order chi connectivity index (χ1) is 7.39. The molecular formula is C8H5F3N4O. The van der Waals surface area contributed by atoms with Crippen molar-refractivity contribution < 1.29 is 18.0 Å². The number of halogens is 3. The van der Waals surface area contributed by atoms with Crippen molar-refractivity contribution in [3.8, 4) is 0 Å². The van der Waals surface area contributed by atoms with Gasteiger partial charge in [-0.25, -0.2) is 9.97 Å². The van der Waals surface area contributed by atoms with Crippen molar-refractivity contribution in [2.45, 2.75) is 6.18 Å². The van der Waals surface area contributed by atoms with Gasteiger partial charge >= 0.3 is 6.18 Å². The van der Waals surface area contributed by atoms with Crippen LogP contribution in [0.5, 0.6) is 0 Å². The summed E-state index contributed by atoms with van der Waals surface area (Å²) >= 11 is 0. The molecule has 0 aliphatic carbocycles. The van der Waals surface area contributed by atoms with Gasteiger partial charge in [0, 0.05) is 6.20 Å².